The molecule has 0 aliphatic carbocycles. The molecule has 36 heavy (non-hydrogen) atoms. The fraction of sp³-hybridized carbons (Fsp3) is 0.217. The van der Waals surface area contributed by atoms with E-state index in [2.05, 4.69) is 42.1 Å². The summed E-state index contributed by atoms with van der Waals surface area (Å²) in [5.74, 6) is 0.591. The van der Waals surface area contributed by atoms with Crippen LogP contribution in [0.4, 0.5) is 17.1 Å². The van der Waals surface area contributed by atoms with Crippen LogP contribution in [0, 0.1) is 28.4 Å². The van der Waals surface area contributed by atoms with Crippen molar-refractivity contribution in [3.63, 3.8) is 0 Å². The van der Waals surface area contributed by atoms with E-state index >= 15 is 0 Å². The molecule has 0 atom stereocenters. The maximum absolute atomic E-state index is 13.2. The molecule has 0 aliphatic heterocycles. The van der Waals surface area contributed by atoms with Gasteiger partial charge in [-0.2, -0.15) is 5.26 Å². The zero-order valence-corrected chi connectivity index (χ0v) is 22.5. The van der Waals surface area contributed by atoms with Gasteiger partial charge in [0, 0.05) is 24.2 Å². The lowest BCUT2D eigenvalue weighted by molar-refractivity contribution is -0.385. The SMILES string of the molecule is COc1ccc(CCn2c(O)c(C#N)c(C)c(N=Nc3c(Br)cc([N+](=O)[O-])cc3Br)c2=O)cc1OC. The van der Waals surface area contributed by atoms with Gasteiger partial charge >= 0.3 is 0 Å². The van der Waals surface area contributed by atoms with Gasteiger partial charge in [-0.25, -0.2) is 0 Å². The second-order valence-electron chi connectivity index (χ2n) is 7.40. The molecule has 11 nitrogen and oxygen atoms in total. The first kappa shape index (κ1) is 26.8. The maximum atomic E-state index is 13.2. The molecule has 186 valence electrons. The van der Waals surface area contributed by atoms with Crippen molar-refractivity contribution in [3.8, 4) is 23.4 Å². The molecule has 0 unspecified atom stereocenters. The average Bonchev–Trinajstić information content (AvgIpc) is 2.85. The summed E-state index contributed by atoms with van der Waals surface area (Å²) in [7, 11) is 3.03. The van der Waals surface area contributed by atoms with Crippen molar-refractivity contribution in [1.82, 2.24) is 4.57 Å². The van der Waals surface area contributed by atoms with E-state index in [1.165, 1.54) is 33.3 Å². The number of aryl methyl sites for hydroxylation is 1. The first-order valence-electron chi connectivity index (χ1n) is 10.2. The van der Waals surface area contributed by atoms with Gasteiger partial charge in [0.2, 0.25) is 5.88 Å². The lowest BCUT2D eigenvalue weighted by atomic mass is 10.1. The van der Waals surface area contributed by atoms with E-state index in [9.17, 15) is 25.3 Å². The average molecular weight is 621 g/mol. The Kier molecular flexibility index (Phi) is 8.44. The van der Waals surface area contributed by atoms with Gasteiger partial charge in [-0.15, -0.1) is 10.2 Å². The van der Waals surface area contributed by atoms with E-state index in [0.717, 1.165) is 10.1 Å². The quantitative estimate of drug-likeness (QED) is 0.188. The number of nitro benzene ring substituents is 1. The normalized spacial score (nSPS) is 10.9. The van der Waals surface area contributed by atoms with Crippen molar-refractivity contribution in [2.24, 2.45) is 10.2 Å². The summed E-state index contributed by atoms with van der Waals surface area (Å²) in [6.45, 7) is 1.52. The number of halogens is 2. The number of rotatable bonds is 8. The zero-order valence-electron chi connectivity index (χ0n) is 19.3. The Morgan fingerprint density at radius 2 is 1.72 bits per heavy atom. The molecule has 0 aliphatic rings. The lowest BCUT2D eigenvalue weighted by Gasteiger charge is -2.14. The highest BCUT2D eigenvalue weighted by atomic mass is 79.9. The Morgan fingerprint density at radius 3 is 2.28 bits per heavy atom. The second-order valence-corrected chi connectivity index (χ2v) is 9.10. The third-order valence-electron chi connectivity index (χ3n) is 5.30. The number of nitro groups is 1. The molecule has 2 aromatic carbocycles. The summed E-state index contributed by atoms with van der Waals surface area (Å²) in [6, 6.07) is 9.69. The number of aromatic hydroxyl groups is 1. The molecule has 0 fully saturated rings. The van der Waals surface area contributed by atoms with Gasteiger partial charge in [-0.1, -0.05) is 6.07 Å². The number of nitrogens with zero attached hydrogens (tertiary/aromatic N) is 5. The highest BCUT2D eigenvalue weighted by Crippen LogP contribution is 2.38. The topological polar surface area (TPSA) is 152 Å². The number of pyridine rings is 1. The summed E-state index contributed by atoms with van der Waals surface area (Å²) in [5.41, 5.74) is 0.0924. The van der Waals surface area contributed by atoms with Crippen LogP contribution in [-0.4, -0.2) is 28.8 Å². The number of nitriles is 1. The van der Waals surface area contributed by atoms with Gasteiger partial charge in [0.05, 0.1) is 28.1 Å². The number of benzene rings is 2. The third-order valence-corrected chi connectivity index (χ3v) is 6.51. The van der Waals surface area contributed by atoms with Crippen LogP contribution in [-0.2, 0) is 13.0 Å². The molecular weight excluding hydrogens is 602 g/mol. The van der Waals surface area contributed by atoms with Crippen LogP contribution in [0.3, 0.4) is 0 Å². The summed E-state index contributed by atoms with van der Waals surface area (Å²) in [6.07, 6.45) is 0.331. The van der Waals surface area contributed by atoms with Crippen LogP contribution < -0.4 is 15.0 Å². The van der Waals surface area contributed by atoms with Crippen LogP contribution in [0.15, 0.2) is 54.3 Å². The van der Waals surface area contributed by atoms with Crippen LogP contribution in [0.1, 0.15) is 16.7 Å². The molecule has 0 spiro atoms. The van der Waals surface area contributed by atoms with Crippen molar-refractivity contribution >= 4 is 48.9 Å². The van der Waals surface area contributed by atoms with Crippen molar-refractivity contribution in [3.05, 3.63) is 76.4 Å². The Balaban J connectivity index is 2.03. The fourth-order valence-corrected chi connectivity index (χ4v) is 4.72. The monoisotopic (exact) mass is 619 g/mol. The van der Waals surface area contributed by atoms with E-state index in [-0.39, 0.29) is 43.7 Å². The minimum Gasteiger partial charge on any atom is -0.493 e. The molecule has 3 rings (SSSR count). The fourth-order valence-electron chi connectivity index (χ4n) is 3.39. The third kappa shape index (κ3) is 5.39. The maximum Gasteiger partial charge on any atom is 0.281 e. The summed E-state index contributed by atoms with van der Waals surface area (Å²) in [4.78, 5) is 23.7. The van der Waals surface area contributed by atoms with Crippen LogP contribution in [0.2, 0.25) is 0 Å². The molecule has 0 saturated heterocycles. The molecule has 0 bridgehead atoms. The highest BCUT2D eigenvalue weighted by Gasteiger charge is 2.20. The van der Waals surface area contributed by atoms with Crippen LogP contribution >= 0.6 is 31.9 Å². The lowest BCUT2D eigenvalue weighted by Crippen LogP contribution is -2.23. The highest BCUT2D eigenvalue weighted by molar-refractivity contribution is 9.11. The summed E-state index contributed by atoms with van der Waals surface area (Å²) in [5, 5.41) is 39.4. The standard InChI is InChI=1S/C23H19Br2N5O6/c1-12-15(11-26)22(31)29(7-6-13-4-5-18(35-2)19(8-13)36-3)23(32)20(12)27-28-21-16(24)9-14(30(33)34)10-17(21)25/h4-5,8-10,31H,6-7H2,1-3H3. The van der Waals surface area contributed by atoms with E-state index in [1.807, 2.05) is 6.07 Å². The molecule has 0 saturated carbocycles. The predicted molar refractivity (Wildman–Crippen MR) is 138 cm³/mol. The van der Waals surface area contributed by atoms with E-state index in [4.69, 9.17) is 9.47 Å². The van der Waals surface area contributed by atoms with Crippen molar-refractivity contribution in [1.29, 1.82) is 5.26 Å². The van der Waals surface area contributed by atoms with E-state index in [0.29, 0.717) is 17.9 Å². The molecular formula is C23H19Br2N5O6. The smallest absolute Gasteiger partial charge is 0.281 e. The molecule has 3 aromatic rings. The molecule has 1 aromatic heterocycles. The number of aromatic nitrogens is 1. The number of methoxy groups -OCH3 is 2. The molecule has 1 heterocycles. The van der Waals surface area contributed by atoms with Gasteiger partial charge in [0.25, 0.3) is 11.2 Å². The van der Waals surface area contributed by atoms with E-state index in [1.54, 1.807) is 18.2 Å². The number of azo groups is 1. The Hall–Kier alpha value is -3.76. The van der Waals surface area contributed by atoms with Gasteiger partial charge in [0.1, 0.15) is 17.3 Å². The predicted octanol–water partition coefficient (Wildman–Crippen LogP) is 5.84. The Labute approximate surface area is 222 Å². The molecule has 0 amide bonds. The zero-order chi connectivity index (χ0) is 26.6. The van der Waals surface area contributed by atoms with Crippen molar-refractivity contribution < 1.29 is 19.5 Å². The summed E-state index contributed by atoms with van der Waals surface area (Å²) < 4.78 is 12.1. The first-order valence-corrected chi connectivity index (χ1v) is 11.8. The largest absolute Gasteiger partial charge is 0.493 e. The Bertz CT molecular complexity index is 1460. The second kappa shape index (κ2) is 11.3. The van der Waals surface area contributed by atoms with E-state index < -0.39 is 16.4 Å². The van der Waals surface area contributed by atoms with Crippen molar-refractivity contribution in [2.75, 3.05) is 14.2 Å². The number of hydrogen-bond donors (Lipinski definition) is 1. The van der Waals surface area contributed by atoms with Gasteiger partial charge < -0.3 is 14.6 Å². The number of non-ortho nitro benzene ring substituents is 1. The molecule has 1 N–H and O–H groups in total. The Morgan fingerprint density at radius 1 is 1.11 bits per heavy atom. The van der Waals surface area contributed by atoms with Gasteiger partial charge in [-0.05, 0) is 62.9 Å². The van der Waals surface area contributed by atoms with Crippen LogP contribution in [0.25, 0.3) is 0 Å². The van der Waals surface area contributed by atoms with Crippen molar-refractivity contribution in [2.45, 2.75) is 19.9 Å². The number of ether oxygens (including phenoxy) is 2. The number of hydrogen-bond acceptors (Lipinski definition) is 9. The first-order chi connectivity index (χ1) is 17.1. The van der Waals surface area contributed by atoms with Gasteiger partial charge in [-0.3, -0.25) is 19.5 Å². The minimum atomic E-state index is -0.651. The van der Waals surface area contributed by atoms with Gasteiger partial charge in [0.15, 0.2) is 17.2 Å². The molecule has 13 heteroatoms. The minimum absolute atomic E-state index is 0.0442. The summed E-state index contributed by atoms with van der Waals surface area (Å²) >= 11 is 6.44. The molecule has 0 radical (unpaired) electrons. The van der Waals surface area contributed by atoms with Crippen LogP contribution in [0.5, 0.6) is 17.4 Å².